The van der Waals surface area contributed by atoms with Gasteiger partial charge in [-0.1, -0.05) is 6.08 Å². The van der Waals surface area contributed by atoms with E-state index in [1.807, 2.05) is 0 Å². The highest BCUT2D eigenvalue weighted by atomic mass is 16.5. The molecule has 0 saturated heterocycles. The summed E-state index contributed by atoms with van der Waals surface area (Å²) in [7, 11) is 3.10. The van der Waals surface area contributed by atoms with E-state index in [9.17, 15) is 4.79 Å². The first kappa shape index (κ1) is 11.3. The molecule has 1 rings (SSSR count). The zero-order chi connectivity index (χ0) is 11.3. The number of ether oxygens (including phenoxy) is 2. The van der Waals surface area contributed by atoms with Gasteiger partial charge in [0, 0.05) is 12.0 Å². The normalized spacial score (nSPS) is 9.47. The lowest BCUT2D eigenvalue weighted by Crippen LogP contribution is -1.99. The van der Waals surface area contributed by atoms with Crippen LogP contribution in [0.5, 0.6) is 11.5 Å². The molecule has 1 aromatic carbocycles. The second-order valence-corrected chi connectivity index (χ2v) is 2.99. The number of hydrogen-bond acceptors (Lipinski definition) is 3. The van der Waals surface area contributed by atoms with E-state index in [0.717, 1.165) is 0 Å². The maximum atomic E-state index is 11.5. The minimum atomic E-state index is 0.0194. The summed E-state index contributed by atoms with van der Waals surface area (Å²) in [5, 5.41) is 0. The van der Waals surface area contributed by atoms with Crippen molar-refractivity contribution in [2.75, 3.05) is 14.2 Å². The third-order valence-electron chi connectivity index (χ3n) is 2.04. The first-order valence-electron chi connectivity index (χ1n) is 4.59. The lowest BCUT2D eigenvalue weighted by atomic mass is 10.1. The number of carbonyl (C=O) groups excluding carboxylic acids is 1. The number of hydrogen-bond donors (Lipinski definition) is 0. The number of benzene rings is 1. The van der Waals surface area contributed by atoms with E-state index >= 15 is 0 Å². The van der Waals surface area contributed by atoms with Gasteiger partial charge in [0.25, 0.3) is 0 Å². The van der Waals surface area contributed by atoms with Crippen LogP contribution in [0, 0.1) is 0 Å². The highest BCUT2D eigenvalue weighted by molar-refractivity contribution is 5.97. The van der Waals surface area contributed by atoms with E-state index < -0.39 is 0 Å². The summed E-state index contributed by atoms with van der Waals surface area (Å²) in [4.78, 5) is 11.5. The first-order valence-corrected chi connectivity index (χ1v) is 4.59. The Balaban J connectivity index is 3.02. The average Bonchev–Trinajstić information content (AvgIpc) is 2.28. The molecule has 0 unspecified atom stereocenters. The van der Waals surface area contributed by atoms with Crippen molar-refractivity contribution in [2.24, 2.45) is 0 Å². The van der Waals surface area contributed by atoms with Crippen molar-refractivity contribution in [3.63, 3.8) is 0 Å². The molecule has 0 N–H and O–H groups in total. The van der Waals surface area contributed by atoms with Gasteiger partial charge in [-0.25, -0.2) is 0 Å². The molecule has 0 aliphatic carbocycles. The van der Waals surface area contributed by atoms with Gasteiger partial charge in [-0.15, -0.1) is 6.58 Å². The Bertz CT molecular complexity index is 369. The molecule has 3 nitrogen and oxygen atoms in total. The lowest BCUT2D eigenvalue weighted by molar-refractivity contribution is 0.0995. The highest BCUT2D eigenvalue weighted by Gasteiger charge is 2.08. The van der Waals surface area contributed by atoms with Crippen LogP contribution < -0.4 is 9.47 Å². The van der Waals surface area contributed by atoms with Crippen LogP contribution in [0.25, 0.3) is 0 Å². The van der Waals surface area contributed by atoms with Crippen molar-refractivity contribution < 1.29 is 14.3 Å². The van der Waals surface area contributed by atoms with Crippen LogP contribution >= 0.6 is 0 Å². The minimum absolute atomic E-state index is 0.0194. The number of Topliss-reactive ketones (excluding diaryl/α,β-unsaturated/α-hetero) is 1. The number of carbonyl (C=O) groups is 1. The van der Waals surface area contributed by atoms with Crippen molar-refractivity contribution in [3.8, 4) is 11.5 Å². The van der Waals surface area contributed by atoms with Crippen LogP contribution in [0.3, 0.4) is 0 Å². The molecule has 0 spiro atoms. The quantitative estimate of drug-likeness (QED) is 0.548. The molecule has 0 aromatic heterocycles. The summed E-state index contributed by atoms with van der Waals surface area (Å²) in [6.07, 6.45) is 1.91. The Kier molecular flexibility index (Phi) is 3.92. The molecule has 15 heavy (non-hydrogen) atoms. The van der Waals surface area contributed by atoms with Gasteiger partial charge < -0.3 is 9.47 Å². The number of ketones is 1. The second kappa shape index (κ2) is 5.20. The Morgan fingerprint density at radius 2 is 2.00 bits per heavy atom. The molecule has 0 amide bonds. The largest absolute Gasteiger partial charge is 0.493 e. The van der Waals surface area contributed by atoms with E-state index in [-0.39, 0.29) is 5.78 Å². The molecule has 3 heteroatoms. The van der Waals surface area contributed by atoms with Crippen molar-refractivity contribution in [1.29, 1.82) is 0 Å². The predicted molar refractivity (Wildman–Crippen MR) is 58.7 cm³/mol. The molecular weight excluding hydrogens is 192 g/mol. The summed E-state index contributed by atoms with van der Waals surface area (Å²) in [5.41, 5.74) is 0.604. The molecular formula is C12H14O3. The Morgan fingerprint density at radius 1 is 1.33 bits per heavy atom. The van der Waals surface area contributed by atoms with Gasteiger partial charge in [-0.2, -0.15) is 0 Å². The minimum Gasteiger partial charge on any atom is -0.493 e. The van der Waals surface area contributed by atoms with Crippen molar-refractivity contribution in [1.82, 2.24) is 0 Å². The van der Waals surface area contributed by atoms with Gasteiger partial charge in [-0.3, -0.25) is 4.79 Å². The maximum absolute atomic E-state index is 11.5. The van der Waals surface area contributed by atoms with Gasteiger partial charge in [0.1, 0.15) is 0 Å². The molecule has 0 saturated carbocycles. The van der Waals surface area contributed by atoms with Crippen LogP contribution in [0.15, 0.2) is 30.9 Å². The van der Waals surface area contributed by atoms with Gasteiger partial charge >= 0.3 is 0 Å². The van der Waals surface area contributed by atoms with Gasteiger partial charge in [-0.05, 0) is 18.2 Å². The molecule has 0 aliphatic heterocycles. The summed E-state index contributed by atoms with van der Waals surface area (Å²) in [6, 6.07) is 5.10. The fraction of sp³-hybridized carbons (Fsp3) is 0.250. The summed E-state index contributed by atoms with van der Waals surface area (Å²) in [5.74, 6) is 1.20. The lowest BCUT2D eigenvalue weighted by Gasteiger charge is -2.08. The number of methoxy groups -OCH3 is 2. The van der Waals surface area contributed by atoms with Crippen molar-refractivity contribution >= 4 is 5.78 Å². The molecule has 0 fully saturated rings. The number of allylic oxidation sites excluding steroid dienone is 1. The van der Waals surface area contributed by atoms with Crippen LogP contribution in [0.1, 0.15) is 16.8 Å². The van der Waals surface area contributed by atoms with Crippen molar-refractivity contribution in [3.05, 3.63) is 36.4 Å². The zero-order valence-corrected chi connectivity index (χ0v) is 8.95. The summed E-state index contributed by atoms with van der Waals surface area (Å²) >= 11 is 0. The smallest absolute Gasteiger partial charge is 0.166 e. The average molecular weight is 206 g/mol. The standard InChI is InChI=1S/C12H14O3/c1-4-5-10(13)9-6-7-11(14-2)12(8-9)15-3/h4,6-8H,1,5H2,2-3H3. The topological polar surface area (TPSA) is 35.5 Å². The van der Waals surface area contributed by atoms with Gasteiger partial charge in [0.15, 0.2) is 17.3 Å². The highest BCUT2D eigenvalue weighted by Crippen LogP contribution is 2.27. The first-order chi connectivity index (χ1) is 7.22. The monoisotopic (exact) mass is 206 g/mol. The molecule has 80 valence electrons. The Hall–Kier alpha value is -1.77. The Labute approximate surface area is 89.3 Å². The van der Waals surface area contributed by atoms with Crippen molar-refractivity contribution in [2.45, 2.75) is 6.42 Å². The zero-order valence-electron chi connectivity index (χ0n) is 8.95. The van der Waals surface area contributed by atoms with Gasteiger partial charge in [0.2, 0.25) is 0 Å². The summed E-state index contributed by atoms with van der Waals surface area (Å²) < 4.78 is 10.2. The van der Waals surface area contributed by atoms with E-state index in [2.05, 4.69) is 6.58 Å². The third kappa shape index (κ3) is 2.59. The number of rotatable bonds is 5. The SMILES string of the molecule is C=CCC(=O)c1ccc(OC)c(OC)c1. The molecule has 0 aliphatic rings. The van der Waals surface area contributed by atoms with Gasteiger partial charge in [0.05, 0.1) is 14.2 Å². The van der Waals surface area contributed by atoms with E-state index in [1.165, 1.54) is 0 Å². The maximum Gasteiger partial charge on any atom is 0.166 e. The fourth-order valence-electron chi connectivity index (χ4n) is 1.26. The van der Waals surface area contributed by atoms with E-state index in [0.29, 0.717) is 23.5 Å². The van der Waals surface area contributed by atoms with Crippen LogP contribution in [-0.4, -0.2) is 20.0 Å². The predicted octanol–water partition coefficient (Wildman–Crippen LogP) is 2.46. The van der Waals surface area contributed by atoms with E-state index in [1.54, 1.807) is 38.5 Å². The molecule has 0 heterocycles. The summed E-state index contributed by atoms with van der Waals surface area (Å²) in [6.45, 7) is 3.53. The van der Waals surface area contributed by atoms with E-state index in [4.69, 9.17) is 9.47 Å². The molecule has 1 aromatic rings. The fourth-order valence-corrected chi connectivity index (χ4v) is 1.26. The molecule has 0 atom stereocenters. The molecule has 0 bridgehead atoms. The molecule has 0 radical (unpaired) electrons. The third-order valence-corrected chi connectivity index (χ3v) is 2.04. The second-order valence-electron chi connectivity index (χ2n) is 2.99. The van der Waals surface area contributed by atoms with Crippen LogP contribution in [0.2, 0.25) is 0 Å². The van der Waals surface area contributed by atoms with Crippen LogP contribution in [0.4, 0.5) is 0 Å². The van der Waals surface area contributed by atoms with Crippen LogP contribution in [-0.2, 0) is 0 Å². The Morgan fingerprint density at radius 3 is 2.53 bits per heavy atom.